The number of carbonyl (C=O) groups is 1. The van der Waals surface area contributed by atoms with Crippen molar-refractivity contribution in [3.63, 3.8) is 0 Å². The van der Waals surface area contributed by atoms with Crippen molar-refractivity contribution in [1.29, 1.82) is 0 Å². The Morgan fingerprint density at radius 3 is 2.86 bits per heavy atom. The normalized spacial score (nSPS) is 10.4. The number of hydrogen-bond donors (Lipinski definition) is 1. The Hall–Kier alpha value is -0.550. The number of aryl methyl sites for hydroxylation is 1. The molecule has 0 spiro atoms. The molecule has 1 aromatic heterocycles. The van der Waals surface area contributed by atoms with E-state index in [2.05, 4.69) is 4.98 Å². The van der Waals surface area contributed by atoms with Gasteiger partial charge in [-0.25, -0.2) is 4.98 Å². The van der Waals surface area contributed by atoms with E-state index in [0.717, 1.165) is 27.8 Å². The number of thiazole rings is 1. The highest BCUT2D eigenvalue weighted by atomic mass is 32.2. The average molecular weight is 231 g/mol. The molecule has 0 unspecified atom stereocenters. The Labute approximate surface area is 91.6 Å². The summed E-state index contributed by atoms with van der Waals surface area (Å²) in [5.41, 5.74) is 0.946. The van der Waals surface area contributed by atoms with Crippen molar-refractivity contribution < 1.29 is 9.90 Å². The second-order valence-corrected chi connectivity index (χ2v) is 4.87. The predicted octanol–water partition coefficient (Wildman–Crippen LogP) is 2.20. The van der Waals surface area contributed by atoms with Crippen LogP contribution in [0.4, 0.5) is 0 Å². The molecule has 14 heavy (non-hydrogen) atoms. The number of hydrogen-bond acceptors (Lipinski definition) is 4. The Morgan fingerprint density at radius 2 is 2.36 bits per heavy atom. The number of carboxylic acids is 1. The molecule has 1 N–H and O–H groups in total. The topological polar surface area (TPSA) is 50.2 Å². The van der Waals surface area contributed by atoms with Crippen LogP contribution in [-0.2, 0) is 23.4 Å². The van der Waals surface area contributed by atoms with E-state index in [9.17, 15) is 4.79 Å². The molecule has 0 aliphatic heterocycles. The van der Waals surface area contributed by atoms with Gasteiger partial charge in [0, 0.05) is 10.6 Å². The van der Waals surface area contributed by atoms with Crippen molar-refractivity contribution in [2.75, 3.05) is 6.26 Å². The molecule has 1 rings (SSSR count). The number of rotatable bonds is 5. The fourth-order valence-corrected chi connectivity index (χ4v) is 3.02. The van der Waals surface area contributed by atoms with Gasteiger partial charge in [0.25, 0.3) is 0 Å². The molecule has 0 aliphatic rings. The summed E-state index contributed by atoms with van der Waals surface area (Å²) < 4.78 is 0. The highest BCUT2D eigenvalue weighted by Crippen LogP contribution is 2.22. The van der Waals surface area contributed by atoms with E-state index in [1.165, 1.54) is 11.3 Å². The number of thioether (sulfide) groups is 1. The lowest BCUT2D eigenvalue weighted by atomic mass is 10.2. The molecule has 0 amide bonds. The van der Waals surface area contributed by atoms with Crippen molar-refractivity contribution in [3.8, 4) is 0 Å². The lowest BCUT2D eigenvalue weighted by molar-refractivity contribution is -0.136. The first kappa shape index (κ1) is 11.5. The van der Waals surface area contributed by atoms with Gasteiger partial charge in [0.05, 0.1) is 12.1 Å². The van der Waals surface area contributed by atoms with E-state index >= 15 is 0 Å². The van der Waals surface area contributed by atoms with Crippen LogP contribution in [0, 0.1) is 0 Å². The molecular weight excluding hydrogens is 218 g/mol. The molecule has 0 aliphatic carbocycles. The first-order valence-electron chi connectivity index (χ1n) is 4.35. The highest BCUT2D eigenvalue weighted by Gasteiger charge is 2.12. The summed E-state index contributed by atoms with van der Waals surface area (Å²) in [5, 5.41) is 9.73. The van der Waals surface area contributed by atoms with Crippen molar-refractivity contribution in [2.45, 2.75) is 25.5 Å². The molecule has 0 atom stereocenters. The van der Waals surface area contributed by atoms with Gasteiger partial charge in [-0.3, -0.25) is 4.79 Å². The Morgan fingerprint density at radius 1 is 1.64 bits per heavy atom. The summed E-state index contributed by atoms with van der Waals surface area (Å²) in [6.45, 7) is 2.00. The Bertz CT molecular complexity index is 323. The molecule has 0 radical (unpaired) electrons. The molecule has 5 heteroatoms. The van der Waals surface area contributed by atoms with Gasteiger partial charge in [-0.05, 0) is 12.7 Å². The lowest BCUT2D eigenvalue weighted by Crippen LogP contribution is -2.00. The number of nitrogens with zero attached hydrogens (tertiary/aromatic N) is 1. The minimum absolute atomic E-state index is 0.106. The zero-order valence-corrected chi connectivity index (χ0v) is 9.87. The minimum Gasteiger partial charge on any atom is -0.481 e. The molecule has 0 bridgehead atoms. The van der Waals surface area contributed by atoms with Gasteiger partial charge in [-0.2, -0.15) is 11.8 Å². The van der Waals surface area contributed by atoms with Crippen LogP contribution in [0.3, 0.4) is 0 Å². The summed E-state index contributed by atoms with van der Waals surface area (Å²) in [7, 11) is 0. The van der Waals surface area contributed by atoms with Crippen LogP contribution < -0.4 is 0 Å². The van der Waals surface area contributed by atoms with Gasteiger partial charge < -0.3 is 5.11 Å². The fourth-order valence-electron chi connectivity index (χ4n) is 1.17. The zero-order chi connectivity index (χ0) is 10.6. The minimum atomic E-state index is -0.779. The summed E-state index contributed by atoms with van der Waals surface area (Å²) in [4.78, 5) is 15.9. The maximum Gasteiger partial charge on any atom is 0.308 e. The van der Waals surface area contributed by atoms with Gasteiger partial charge in [0.1, 0.15) is 5.01 Å². The predicted molar refractivity (Wildman–Crippen MR) is 60.1 cm³/mol. The number of aromatic nitrogens is 1. The Kier molecular flexibility index (Phi) is 4.41. The van der Waals surface area contributed by atoms with Crippen LogP contribution in [0.15, 0.2) is 0 Å². The van der Waals surface area contributed by atoms with Crippen LogP contribution in [0.5, 0.6) is 0 Å². The van der Waals surface area contributed by atoms with E-state index in [4.69, 9.17) is 5.11 Å². The maximum absolute atomic E-state index is 10.6. The van der Waals surface area contributed by atoms with Gasteiger partial charge in [0.2, 0.25) is 0 Å². The Balaban J connectivity index is 2.84. The van der Waals surface area contributed by atoms with E-state index in [1.54, 1.807) is 11.8 Å². The lowest BCUT2D eigenvalue weighted by Gasteiger charge is -1.93. The molecule has 0 saturated heterocycles. The maximum atomic E-state index is 10.6. The van der Waals surface area contributed by atoms with E-state index in [-0.39, 0.29) is 6.42 Å². The first-order valence-corrected chi connectivity index (χ1v) is 6.56. The largest absolute Gasteiger partial charge is 0.481 e. The third kappa shape index (κ3) is 2.99. The smallest absolute Gasteiger partial charge is 0.308 e. The summed E-state index contributed by atoms with van der Waals surface area (Å²) in [6, 6.07) is 0. The number of carboxylic acid groups (broad SMARTS) is 1. The van der Waals surface area contributed by atoms with Gasteiger partial charge >= 0.3 is 5.97 Å². The van der Waals surface area contributed by atoms with Crippen LogP contribution in [0.2, 0.25) is 0 Å². The molecule has 1 heterocycles. The molecule has 0 aromatic carbocycles. The van der Waals surface area contributed by atoms with E-state index < -0.39 is 5.97 Å². The average Bonchev–Trinajstić information content (AvgIpc) is 2.47. The van der Waals surface area contributed by atoms with Crippen molar-refractivity contribution in [1.82, 2.24) is 4.98 Å². The van der Waals surface area contributed by atoms with E-state index in [1.807, 2.05) is 13.2 Å². The first-order chi connectivity index (χ1) is 6.67. The summed E-state index contributed by atoms with van der Waals surface area (Å²) >= 11 is 3.23. The van der Waals surface area contributed by atoms with E-state index in [0.29, 0.717) is 0 Å². The van der Waals surface area contributed by atoms with Gasteiger partial charge in [-0.15, -0.1) is 11.3 Å². The van der Waals surface area contributed by atoms with Crippen molar-refractivity contribution in [2.24, 2.45) is 0 Å². The number of aliphatic carboxylic acids is 1. The monoisotopic (exact) mass is 231 g/mol. The fraction of sp³-hybridized carbons (Fsp3) is 0.556. The highest BCUT2D eigenvalue weighted by molar-refractivity contribution is 7.97. The SMILES string of the molecule is CCc1nc(CSC)sc1CC(=O)O. The molecular formula is C9H13NO2S2. The summed E-state index contributed by atoms with van der Waals surface area (Å²) in [5.74, 6) is 0.0937. The quantitative estimate of drug-likeness (QED) is 0.844. The molecule has 0 saturated carbocycles. The van der Waals surface area contributed by atoms with Gasteiger partial charge in [0.15, 0.2) is 0 Å². The van der Waals surface area contributed by atoms with Crippen LogP contribution in [0.25, 0.3) is 0 Å². The van der Waals surface area contributed by atoms with Crippen LogP contribution >= 0.6 is 23.1 Å². The zero-order valence-electron chi connectivity index (χ0n) is 8.24. The van der Waals surface area contributed by atoms with Crippen LogP contribution in [-0.4, -0.2) is 22.3 Å². The van der Waals surface area contributed by atoms with Gasteiger partial charge in [-0.1, -0.05) is 6.92 Å². The summed E-state index contributed by atoms with van der Waals surface area (Å²) in [6.07, 6.45) is 2.94. The molecule has 78 valence electrons. The van der Waals surface area contributed by atoms with Crippen LogP contribution in [0.1, 0.15) is 22.5 Å². The second-order valence-electron chi connectivity index (χ2n) is 2.83. The third-order valence-electron chi connectivity index (χ3n) is 1.74. The van der Waals surface area contributed by atoms with Crippen molar-refractivity contribution >= 4 is 29.1 Å². The molecule has 0 fully saturated rings. The third-order valence-corrected chi connectivity index (χ3v) is 3.58. The molecule has 1 aromatic rings. The van der Waals surface area contributed by atoms with Crippen molar-refractivity contribution in [3.05, 3.63) is 15.6 Å². The standard InChI is InChI=1S/C9H13NO2S2/c1-3-6-7(4-9(11)12)14-8(10-6)5-13-2/h3-5H2,1-2H3,(H,11,12). The second kappa shape index (κ2) is 5.36. The molecule has 3 nitrogen and oxygen atoms in total.